The van der Waals surface area contributed by atoms with E-state index in [-0.39, 0.29) is 5.91 Å². The number of nitrogens with zero attached hydrogens (tertiary/aromatic N) is 1. The van der Waals surface area contributed by atoms with Gasteiger partial charge in [0.05, 0.1) is 6.54 Å². The molecule has 0 fully saturated rings. The molecule has 4 heteroatoms. The van der Waals surface area contributed by atoms with Crippen LogP contribution in [0.4, 0.5) is 0 Å². The second-order valence-corrected chi connectivity index (χ2v) is 3.01. The van der Waals surface area contributed by atoms with E-state index in [2.05, 4.69) is 12.3 Å². The van der Waals surface area contributed by atoms with Crippen molar-refractivity contribution >= 4 is 5.91 Å². The molecule has 1 amide bonds. The van der Waals surface area contributed by atoms with E-state index in [1.54, 1.807) is 0 Å². The highest BCUT2D eigenvalue weighted by molar-refractivity contribution is 5.77. The number of amides is 1. The number of nitrogens with one attached hydrogen (secondary N) is 1. The van der Waals surface area contributed by atoms with Gasteiger partial charge in [0, 0.05) is 0 Å². The third-order valence-electron chi connectivity index (χ3n) is 1.72. The zero-order valence-corrected chi connectivity index (χ0v) is 7.97. The first kappa shape index (κ1) is 11.4. The van der Waals surface area contributed by atoms with Gasteiger partial charge in [-0.25, -0.2) is 5.84 Å². The fourth-order valence-electron chi connectivity index (χ4n) is 1.00. The second kappa shape index (κ2) is 7.06. The van der Waals surface area contributed by atoms with E-state index in [4.69, 9.17) is 5.84 Å². The smallest absolute Gasteiger partial charge is 0.248 e. The number of unbranched alkanes of at least 4 members (excludes halogenated alkanes) is 2. The minimum Gasteiger partial charge on any atom is -0.298 e. The molecule has 0 aliphatic rings. The second-order valence-electron chi connectivity index (χ2n) is 3.01. The lowest BCUT2D eigenvalue weighted by Gasteiger charge is -2.14. The molecule has 0 radical (unpaired) electrons. The molecular formula is C8H19N3O. The Balaban J connectivity index is 3.32. The van der Waals surface area contributed by atoms with Gasteiger partial charge in [-0.3, -0.25) is 15.1 Å². The summed E-state index contributed by atoms with van der Waals surface area (Å²) in [4.78, 5) is 12.7. The van der Waals surface area contributed by atoms with Crippen LogP contribution in [0.5, 0.6) is 0 Å². The first-order valence-corrected chi connectivity index (χ1v) is 4.38. The SMILES string of the molecule is CCCCCN(C)CC(=O)NN. The highest BCUT2D eigenvalue weighted by Crippen LogP contribution is 1.95. The van der Waals surface area contributed by atoms with Crippen LogP contribution in [0.15, 0.2) is 0 Å². The highest BCUT2D eigenvalue weighted by Gasteiger charge is 2.02. The van der Waals surface area contributed by atoms with Gasteiger partial charge < -0.3 is 0 Å². The zero-order chi connectivity index (χ0) is 9.40. The highest BCUT2D eigenvalue weighted by atomic mass is 16.2. The molecule has 0 aromatic rings. The number of rotatable bonds is 6. The first-order valence-electron chi connectivity index (χ1n) is 4.38. The molecule has 0 atom stereocenters. The summed E-state index contributed by atoms with van der Waals surface area (Å²) in [6, 6.07) is 0. The first-order chi connectivity index (χ1) is 5.70. The van der Waals surface area contributed by atoms with Gasteiger partial charge in [0.15, 0.2) is 0 Å². The van der Waals surface area contributed by atoms with Crippen LogP contribution in [-0.4, -0.2) is 30.9 Å². The average molecular weight is 173 g/mol. The van der Waals surface area contributed by atoms with E-state index in [0.717, 1.165) is 13.0 Å². The van der Waals surface area contributed by atoms with E-state index in [1.165, 1.54) is 12.8 Å². The van der Waals surface area contributed by atoms with Gasteiger partial charge in [-0.1, -0.05) is 19.8 Å². The van der Waals surface area contributed by atoms with Crippen molar-refractivity contribution in [3.8, 4) is 0 Å². The van der Waals surface area contributed by atoms with Crippen LogP contribution in [0.1, 0.15) is 26.2 Å². The molecule has 0 unspecified atom stereocenters. The standard InChI is InChI=1S/C8H19N3O/c1-3-4-5-6-11(2)7-8(12)10-9/h3-7,9H2,1-2H3,(H,10,12). The monoisotopic (exact) mass is 173 g/mol. The van der Waals surface area contributed by atoms with Gasteiger partial charge in [0.25, 0.3) is 0 Å². The van der Waals surface area contributed by atoms with E-state index in [9.17, 15) is 4.79 Å². The predicted molar refractivity (Wildman–Crippen MR) is 49.4 cm³/mol. The Kier molecular flexibility index (Phi) is 6.70. The maximum absolute atomic E-state index is 10.8. The molecule has 0 aromatic heterocycles. The normalized spacial score (nSPS) is 10.3. The fraction of sp³-hybridized carbons (Fsp3) is 0.875. The summed E-state index contributed by atoms with van der Waals surface area (Å²) in [5.74, 6) is 4.82. The molecule has 72 valence electrons. The number of likely N-dealkylation sites (N-methyl/N-ethyl adjacent to an activating group) is 1. The van der Waals surface area contributed by atoms with Gasteiger partial charge >= 0.3 is 0 Å². The van der Waals surface area contributed by atoms with E-state index < -0.39 is 0 Å². The fourth-order valence-corrected chi connectivity index (χ4v) is 1.00. The number of hydrazine groups is 1. The summed E-state index contributed by atoms with van der Waals surface area (Å²) in [6.07, 6.45) is 3.57. The maximum Gasteiger partial charge on any atom is 0.248 e. The zero-order valence-electron chi connectivity index (χ0n) is 7.97. The van der Waals surface area contributed by atoms with Crippen molar-refractivity contribution in [2.24, 2.45) is 5.84 Å². The topological polar surface area (TPSA) is 58.4 Å². The Labute approximate surface area is 74.1 Å². The summed E-state index contributed by atoms with van der Waals surface area (Å²) >= 11 is 0. The Bertz CT molecular complexity index is 127. The average Bonchev–Trinajstić information content (AvgIpc) is 2.05. The van der Waals surface area contributed by atoms with E-state index >= 15 is 0 Å². The van der Waals surface area contributed by atoms with Gasteiger partial charge in [-0.05, 0) is 20.0 Å². The minimum atomic E-state index is -0.131. The minimum absolute atomic E-state index is 0.131. The maximum atomic E-state index is 10.8. The molecule has 0 heterocycles. The van der Waals surface area contributed by atoms with Crippen LogP contribution >= 0.6 is 0 Å². The number of carbonyl (C=O) groups is 1. The summed E-state index contributed by atoms with van der Waals surface area (Å²) in [5, 5.41) is 0. The van der Waals surface area contributed by atoms with Gasteiger partial charge in [0.2, 0.25) is 5.91 Å². The summed E-state index contributed by atoms with van der Waals surface area (Å²) < 4.78 is 0. The molecule has 0 aromatic carbocycles. The number of carbonyl (C=O) groups excluding carboxylic acids is 1. The molecule has 0 saturated heterocycles. The summed E-state index contributed by atoms with van der Waals surface area (Å²) in [7, 11) is 1.92. The van der Waals surface area contributed by atoms with Crippen LogP contribution in [0, 0.1) is 0 Å². The number of hydrogen-bond acceptors (Lipinski definition) is 3. The van der Waals surface area contributed by atoms with E-state index in [0.29, 0.717) is 6.54 Å². The van der Waals surface area contributed by atoms with Crippen molar-refractivity contribution in [2.75, 3.05) is 20.1 Å². The van der Waals surface area contributed by atoms with Crippen LogP contribution in [0.25, 0.3) is 0 Å². The van der Waals surface area contributed by atoms with Gasteiger partial charge in [-0.15, -0.1) is 0 Å². The van der Waals surface area contributed by atoms with Crippen molar-refractivity contribution in [3.63, 3.8) is 0 Å². The van der Waals surface area contributed by atoms with Crippen molar-refractivity contribution in [2.45, 2.75) is 26.2 Å². The van der Waals surface area contributed by atoms with Crippen LogP contribution in [0.2, 0.25) is 0 Å². The molecule has 0 spiro atoms. The van der Waals surface area contributed by atoms with Crippen molar-refractivity contribution in [3.05, 3.63) is 0 Å². The van der Waals surface area contributed by atoms with Crippen LogP contribution < -0.4 is 11.3 Å². The van der Waals surface area contributed by atoms with E-state index in [1.807, 2.05) is 11.9 Å². The summed E-state index contributed by atoms with van der Waals surface area (Å²) in [6.45, 7) is 3.51. The van der Waals surface area contributed by atoms with Gasteiger partial charge in [-0.2, -0.15) is 0 Å². The lowest BCUT2D eigenvalue weighted by molar-refractivity contribution is -0.122. The molecular weight excluding hydrogens is 154 g/mol. The third-order valence-corrected chi connectivity index (χ3v) is 1.72. The Morgan fingerprint density at radius 3 is 2.67 bits per heavy atom. The molecule has 3 N–H and O–H groups in total. The molecule has 0 saturated carbocycles. The number of hydrogen-bond donors (Lipinski definition) is 2. The predicted octanol–water partition coefficient (Wildman–Crippen LogP) is 0.0983. The van der Waals surface area contributed by atoms with Crippen molar-refractivity contribution in [1.82, 2.24) is 10.3 Å². The van der Waals surface area contributed by atoms with Crippen molar-refractivity contribution in [1.29, 1.82) is 0 Å². The van der Waals surface area contributed by atoms with Crippen LogP contribution in [-0.2, 0) is 4.79 Å². The molecule has 0 rings (SSSR count). The third kappa shape index (κ3) is 6.12. The molecule has 0 aliphatic heterocycles. The molecule has 0 bridgehead atoms. The van der Waals surface area contributed by atoms with Crippen molar-refractivity contribution < 1.29 is 4.79 Å². The molecule has 12 heavy (non-hydrogen) atoms. The number of nitrogens with two attached hydrogens (primary N) is 1. The largest absolute Gasteiger partial charge is 0.298 e. The molecule has 4 nitrogen and oxygen atoms in total. The van der Waals surface area contributed by atoms with Crippen LogP contribution in [0.3, 0.4) is 0 Å². The molecule has 0 aliphatic carbocycles. The van der Waals surface area contributed by atoms with Gasteiger partial charge in [0.1, 0.15) is 0 Å². The lowest BCUT2D eigenvalue weighted by Crippen LogP contribution is -2.39. The lowest BCUT2D eigenvalue weighted by atomic mass is 10.2. The Morgan fingerprint density at radius 2 is 2.17 bits per heavy atom. The Hall–Kier alpha value is -0.610. The quantitative estimate of drug-likeness (QED) is 0.259. The Morgan fingerprint density at radius 1 is 1.50 bits per heavy atom. The summed E-state index contributed by atoms with van der Waals surface area (Å²) in [5.41, 5.74) is 2.11.